The Morgan fingerprint density at radius 2 is 0.864 bits per heavy atom. The Kier molecular flexibility index (Phi) is 6.44. The van der Waals surface area contributed by atoms with Crippen LogP contribution in [0.1, 0.15) is 21.4 Å². The average Bonchev–Trinajstić information content (AvgIpc) is 3.58. The molecule has 4 heteroatoms. The zero-order chi connectivity index (χ0) is 29.9. The summed E-state index contributed by atoms with van der Waals surface area (Å²) in [4.78, 5) is 11.8. The Morgan fingerprint density at radius 1 is 0.409 bits per heavy atom. The number of nitrogens with zero attached hydrogens (tertiary/aromatic N) is 2. The highest BCUT2D eigenvalue weighted by molar-refractivity contribution is 7.15. The van der Waals surface area contributed by atoms with Gasteiger partial charge in [0.15, 0.2) is 0 Å². The Bertz CT molecular complexity index is 2360. The van der Waals surface area contributed by atoms with Crippen LogP contribution in [-0.2, 0) is 0 Å². The van der Waals surface area contributed by atoms with Gasteiger partial charge in [0.1, 0.15) is 0 Å². The van der Waals surface area contributed by atoms with Gasteiger partial charge >= 0.3 is 0 Å². The molecule has 0 aliphatic carbocycles. The van der Waals surface area contributed by atoms with Gasteiger partial charge in [0.05, 0.1) is 31.2 Å². The van der Waals surface area contributed by atoms with E-state index in [1.54, 1.807) is 22.7 Å². The first-order valence-electron chi connectivity index (χ1n) is 14.9. The standard InChI is InChI=1S/C40H30N2S2/c1-23-39(43-25(3)41-23)30-17-13-28(14-18-30)36-33-11-7-8-12-34(33)37(38-32-10-6-5-9-27(32)21-22-35(36)38)29-15-19-31(20-16-29)40-24(2)42-26(4)44-40/h5-22H,1-4H3. The lowest BCUT2D eigenvalue weighted by Crippen LogP contribution is -1.92. The van der Waals surface area contributed by atoms with E-state index in [0.29, 0.717) is 0 Å². The van der Waals surface area contributed by atoms with Gasteiger partial charge in [-0.1, -0.05) is 109 Å². The number of hydrogen-bond acceptors (Lipinski definition) is 4. The van der Waals surface area contributed by atoms with Gasteiger partial charge in [0.2, 0.25) is 0 Å². The van der Waals surface area contributed by atoms with Crippen molar-refractivity contribution in [3.05, 3.63) is 131 Å². The molecule has 0 N–H and O–H groups in total. The fourth-order valence-electron chi connectivity index (χ4n) is 6.73. The number of benzene rings is 6. The molecular formula is C40H30N2S2. The summed E-state index contributed by atoms with van der Waals surface area (Å²) in [7, 11) is 0. The third-order valence-corrected chi connectivity index (χ3v) is 10.8. The second-order valence-electron chi connectivity index (χ2n) is 11.5. The van der Waals surface area contributed by atoms with Crippen molar-refractivity contribution in [3.63, 3.8) is 0 Å². The molecule has 44 heavy (non-hydrogen) atoms. The first-order valence-corrected chi connectivity index (χ1v) is 16.6. The van der Waals surface area contributed by atoms with Crippen LogP contribution in [0.15, 0.2) is 109 Å². The quantitative estimate of drug-likeness (QED) is 0.148. The van der Waals surface area contributed by atoms with Gasteiger partial charge < -0.3 is 0 Å². The van der Waals surface area contributed by atoms with Gasteiger partial charge in [-0.15, -0.1) is 22.7 Å². The summed E-state index contributed by atoms with van der Waals surface area (Å²) >= 11 is 3.53. The van der Waals surface area contributed by atoms with Crippen LogP contribution in [0.25, 0.3) is 75.5 Å². The third kappa shape index (κ3) is 4.37. The number of aryl methyl sites for hydroxylation is 4. The van der Waals surface area contributed by atoms with Crippen molar-refractivity contribution in [3.8, 4) is 43.1 Å². The van der Waals surface area contributed by atoms with Gasteiger partial charge in [0, 0.05) is 0 Å². The molecule has 0 amide bonds. The summed E-state index contributed by atoms with van der Waals surface area (Å²) in [5.74, 6) is 0. The van der Waals surface area contributed by atoms with E-state index in [2.05, 4.69) is 147 Å². The second kappa shape index (κ2) is 10.5. The first-order chi connectivity index (χ1) is 21.5. The zero-order valence-electron chi connectivity index (χ0n) is 25.1. The Hall–Kier alpha value is -4.64. The van der Waals surface area contributed by atoms with Gasteiger partial charge in [-0.3, -0.25) is 0 Å². The van der Waals surface area contributed by atoms with E-state index in [1.165, 1.54) is 75.5 Å². The van der Waals surface area contributed by atoms with E-state index in [4.69, 9.17) is 0 Å². The molecule has 8 rings (SSSR count). The van der Waals surface area contributed by atoms with E-state index in [1.807, 2.05) is 0 Å². The lowest BCUT2D eigenvalue weighted by molar-refractivity contribution is 1.20. The van der Waals surface area contributed by atoms with Crippen molar-refractivity contribution in [1.29, 1.82) is 0 Å². The maximum atomic E-state index is 4.67. The van der Waals surface area contributed by atoms with Crippen LogP contribution in [-0.4, -0.2) is 9.97 Å². The minimum absolute atomic E-state index is 1.10. The summed E-state index contributed by atoms with van der Waals surface area (Å²) in [5, 5.41) is 9.83. The maximum Gasteiger partial charge on any atom is 0.0903 e. The minimum atomic E-state index is 1.10. The summed E-state index contributed by atoms with van der Waals surface area (Å²) in [6, 6.07) is 40.5. The summed E-state index contributed by atoms with van der Waals surface area (Å²) in [5.41, 5.74) is 9.65. The fourth-order valence-corrected chi connectivity index (χ4v) is 8.58. The van der Waals surface area contributed by atoms with E-state index in [0.717, 1.165) is 21.4 Å². The van der Waals surface area contributed by atoms with Crippen LogP contribution in [0.3, 0.4) is 0 Å². The van der Waals surface area contributed by atoms with Crippen molar-refractivity contribution < 1.29 is 0 Å². The molecule has 0 aliphatic heterocycles. The molecular weight excluding hydrogens is 573 g/mol. The summed E-state index contributed by atoms with van der Waals surface area (Å²) < 4.78 is 0. The molecule has 0 radical (unpaired) electrons. The number of thiazole rings is 2. The highest BCUT2D eigenvalue weighted by atomic mass is 32.1. The topological polar surface area (TPSA) is 25.8 Å². The monoisotopic (exact) mass is 602 g/mol. The molecule has 2 heterocycles. The van der Waals surface area contributed by atoms with Crippen molar-refractivity contribution in [2.45, 2.75) is 27.7 Å². The SMILES string of the molecule is Cc1nc(C)c(-c2ccc(-c3c4ccccc4c(-c4ccc(-c5sc(C)nc5C)cc4)c4c3ccc3ccccc34)cc2)s1. The number of aromatic nitrogens is 2. The fraction of sp³-hybridized carbons (Fsp3) is 0.100. The Labute approximate surface area is 265 Å². The van der Waals surface area contributed by atoms with E-state index in [-0.39, 0.29) is 0 Å². The van der Waals surface area contributed by atoms with Gasteiger partial charge in [0.25, 0.3) is 0 Å². The summed E-state index contributed by atoms with van der Waals surface area (Å²) in [6.45, 7) is 8.36. The van der Waals surface area contributed by atoms with Crippen molar-refractivity contribution in [2.75, 3.05) is 0 Å². The van der Waals surface area contributed by atoms with Crippen molar-refractivity contribution >= 4 is 55.0 Å². The molecule has 0 saturated heterocycles. The van der Waals surface area contributed by atoms with Crippen LogP contribution in [0.2, 0.25) is 0 Å². The molecule has 0 atom stereocenters. The highest BCUT2D eigenvalue weighted by Crippen LogP contribution is 2.47. The molecule has 0 unspecified atom stereocenters. The molecule has 2 aromatic heterocycles. The Morgan fingerprint density at radius 3 is 1.39 bits per heavy atom. The van der Waals surface area contributed by atoms with Crippen LogP contribution in [0.4, 0.5) is 0 Å². The molecule has 212 valence electrons. The highest BCUT2D eigenvalue weighted by Gasteiger charge is 2.19. The van der Waals surface area contributed by atoms with Crippen LogP contribution < -0.4 is 0 Å². The number of rotatable bonds is 4. The predicted molar refractivity (Wildman–Crippen MR) is 191 cm³/mol. The average molecular weight is 603 g/mol. The van der Waals surface area contributed by atoms with E-state index >= 15 is 0 Å². The van der Waals surface area contributed by atoms with Crippen LogP contribution in [0.5, 0.6) is 0 Å². The molecule has 8 aromatic rings. The van der Waals surface area contributed by atoms with E-state index < -0.39 is 0 Å². The zero-order valence-corrected chi connectivity index (χ0v) is 26.7. The number of fused-ring (bicyclic) bond motifs is 4. The maximum absolute atomic E-state index is 4.67. The molecule has 0 saturated carbocycles. The van der Waals surface area contributed by atoms with Crippen LogP contribution >= 0.6 is 22.7 Å². The molecule has 6 aromatic carbocycles. The smallest absolute Gasteiger partial charge is 0.0903 e. The van der Waals surface area contributed by atoms with E-state index in [9.17, 15) is 0 Å². The summed E-state index contributed by atoms with van der Waals surface area (Å²) in [6.07, 6.45) is 0. The Balaban J connectivity index is 1.40. The second-order valence-corrected chi connectivity index (χ2v) is 13.9. The third-order valence-electron chi connectivity index (χ3n) is 8.59. The van der Waals surface area contributed by atoms with Crippen molar-refractivity contribution in [1.82, 2.24) is 9.97 Å². The van der Waals surface area contributed by atoms with Gasteiger partial charge in [-0.2, -0.15) is 0 Å². The minimum Gasteiger partial charge on any atom is -0.246 e. The van der Waals surface area contributed by atoms with Gasteiger partial charge in [-0.25, -0.2) is 9.97 Å². The van der Waals surface area contributed by atoms with Crippen LogP contribution in [0, 0.1) is 27.7 Å². The normalized spacial score (nSPS) is 11.6. The molecule has 0 spiro atoms. The first kappa shape index (κ1) is 26.9. The molecule has 0 fully saturated rings. The molecule has 0 bridgehead atoms. The molecule has 2 nitrogen and oxygen atoms in total. The van der Waals surface area contributed by atoms with Crippen molar-refractivity contribution in [2.24, 2.45) is 0 Å². The largest absolute Gasteiger partial charge is 0.246 e. The lowest BCUT2D eigenvalue weighted by Gasteiger charge is -2.19. The lowest BCUT2D eigenvalue weighted by atomic mass is 9.84. The molecule has 0 aliphatic rings. The number of hydrogen-bond donors (Lipinski definition) is 0. The predicted octanol–water partition coefficient (Wildman–Crippen LogP) is 12.0. The van der Waals surface area contributed by atoms with Gasteiger partial charge in [-0.05, 0) is 93.4 Å².